The van der Waals surface area contributed by atoms with Crippen LogP contribution in [0.1, 0.15) is 11.3 Å². The molecule has 2 aromatic rings. The number of pyridine rings is 1. The Hall–Kier alpha value is -2.14. The average Bonchev–Trinajstić information content (AvgIpc) is 2.54. The average molecular weight is 321 g/mol. The number of hydrogen-bond acceptors (Lipinski definition) is 2. The Morgan fingerprint density at radius 2 is 2.09 bits per heavy atom. The standard InChI is InChI=1S/C16H18ClFN4/c1-19-16(22-11-12-5-2-3-9-20-12)21-10-8-13-14(17)6-4-7-15(13)18/h2-7,9H,8,10-11H2,1H3,(H2,19,21,22). The lowest BCUT2D eigenvalue weighted by Crippen LogP contribution is -2.38. The van der Waals surface area contributed by atoms with Crippen LogP contribution in [0.3, 0.4) is 0 Å². The Kier molecular flexibility index (Phi) is 6.15. The third-order valence-corrected chi connectivity index (χ3v) is 3.47. The summed E-state index contributed by atoms with van der Waals surface area (Å²) in [6.45, 7) is 1.10. The van der Waals surface area contributed by atoms with Gasteiger partial charge in [-0.15, -0.1) is 0 Å². The normalized spacial score (nSPS) is 11.3. The minimum absolute atomic E-state index is 0.286. The van der Waals surface area contributed by atoms with E-state index in [1.807, 2.05) is 18.2 Å². The molecule has 0 amide bonds. The van der Waals surface area contributed by atoms with Gasteiger partial charge >= 0.3 is 0 Å². The van der Waals surface area contributed by atoms with E-state index in [0.29, 0.717) is 36.1 Å². The summed E-state index contributed by atoms with van der Waals surface area (Å²) in [7, 11) is 1.68. The third-order valence-electron chi connectivity index (χ3n) is 3.12. The first-order valence-electron chi connectivity index (χ1n) is 6.98. The van der Waals surface area contributed by atoms with Crippen LogP contribution in [0.4, 0.5) is 4.39 Å². The Morgan fingerprint density at radius 3 is 2.77 bits per heavy atom. The molecule has 0 spiro atoms. The Labute approximate surface area is 134 Å². The highest BCUT2D eigenvalue weighted by molar-refractivity contribution is 6.31. The van der Waals surface area contributed by atoms with Gasteiger partial charge in [-0.2, -0.15) is 0 Å². The SMILES string of the molecule is CN=C(NCCc1c(F)cccc1Cl)NCc1ccccn1. The van der Waals surface area contributed by atoms with Crippen molar-refractivity contribution in [1.82, 2.24) is 15.6 Å². The van der Waals surface area contributed by atoms with Gasteiger partial charge < -0.3 is 10.6 Å². The largest absolute Gasteiger partial charge is 0.356 e. The highest BCUT2D eigenvalue weighted by Gasteiger charge is 2.06. The van der Waals surface area contributed by atoms with Gasteiger partial charge in [-0.3, -0.25) is 9.98 Å². The second kappa shape index (κ2) is 8.34. The summed E-state index contributed by atoms with van der Waals surface area (Å²) >= 11 is 6.00. The van der Waals surface area contributed by atoms with E-state index in [1.54, 1.807) is 25.4 Å². The molecule has 0 aliphatic rings. The molecule has 4 nitrogen and oxygen atoms in total. The third kappa shape index (κ3) is 4.70. The number of nitrogens with zero attached hydrogens (tertiary/aromatic N) is 2. The predicted molar refractivity (Wildman–Crippen MR) is 87.6 cm³/mol. The number of aromatic nitrogens is 1. The van der Waals surface area contributed by atoms with E-state index in [-0.39, 0.29) is 5.82 Å². The van der Waals surface area contributed by atoms with Crippen LogP contribution in [0.2, 0.25) is 5.02 Å². The second-order valence-corrected chi connectivity index (χ2v) is 5.03. The molecule has 0 fully saturated rings. The van der Waals surface area contributed by atoms with Crippen LogP contribution in [0.25, 0.3) is 0 Å². The van der Waals surface area contributed by atoms with Crippen LogP contribution < -0.4 is 10.6 Å². The smallest absolute Gasteiger partial charge is 0.191 e. The summed E-state index contributed by atoms with van der Waals surface area (Å²) in [5.74, 6) is 0.351. The minimum atomic E-state index is -0.286. The molecule has 2 rings (SSSR count). The molecule has 0 atom stereocenters. The number of nitrogens with one attached hydrogen (secondary N) is 2. The maximum absolute atomic E-state index is 13.7. The summed E-state index contributed by atoms with van der Waals surface area (Å²) in [5.41, 5.74) is 1.43. The van der Waals surface area contributed by atoms with Crippen molar-refractivity contribution in [2.75, 3.05) is 13.6 Å². The zero-order valence-electron chi connectivity index (χ0n) is 12.3. The Bertz CT molecular complexity index is 611. The van der Waals surface area contributed by atoms with Gasteiger partial charge in [0.15, 0.2) is 5.96 Å². The first-order valence-corrected chi connectivity index (χ1v) is 7.36. The first kappa shape index (κ1) is 16.2. The molecule has 6 heteroatoms. The zero-order chi connectivity index (χ0) is 15.8. The van der Waals surface area contributed by atoms with Crippen LogP contribution in [0, 0.1) is 5.82 Å². The maximum Gasteiger partial charge on any atom is 0.191 e. The van der Waals surface area contributed by atoms with Crippen molar-refractivity contribution in [3.8, 4) is 0 Å². The van der Waals surface area contributed by atoms with Gasteiger partial charge in [0.05, 0.1) is 12.2 Å². The highest BCUT2D eigenvalue weighted by atomic mass is 35.5. The van der Waals surface area contributed by atoms with E-state index < -0.39 is 0 Å². The van der Waals surface area contributed by atoms with Gasteiger partial charge in [0, 0.05) is 30.4 Å². The molecule has 0 bridgehead atoms. The lowest BCUT2D eigenvalue weighted by atomic mass is 10.1. The van der Waals surface area contributed by atoms with E-state index in [2.05, 4.69) is 20.6 Å². The molecule has 0 aliphatic heterocycles. The quantitative estimate of drug-likeness (QED) is 0.658. The van der Waals surface area contributed by atoms with Gasteiger partial charge in [-0.05, 0) is 30.7 Å². The van der Waals surface area contributed by atoms with Gasteiger partial charge in [0.1, 0.15) is 5.82 Å². The molecule has 1 aromatic carbocycles. The minimum Gasteiger partial charge on any atom is -0.356 e. The molecular formula is C16H18ClFN4. The number of guanidine groups is 1. The molecular weight excluding hydrogens is 303 g/mol. The molecule has 116 valence electrons. The highest BCUT2D eigenvalue weighted by Crippen LogP contribution is 2.18. The fourth-order valence-corrected chi connectivity index (χ4v) is 2.23. The van der Waals surface area contributed by atoms with Gasteiger partial charge in [0.2, 0.25) is 0 Å². The van der Waals surface area contributed by atoms with Crippen molar-refractivity contribution < 1.29 is 4.39 Å². The summed E-state index contributed by atoms with van der Waals surface area (Å²) in [4.78, 5) is 8.34. The van der Waals surface area contributed by atoms with Crippen molar-refractivity contribution in [3.63, 3.8) is 0 Å². The van der Waals surface area contributed by atoms with Gasteiger partial charge in [-0.25, -0.2) is 4.39 Å². The van der Waals surface area contributed by atoms with Crippen molar-refractivity contribution in [2.45, 2.75) is 13.0 Å². The maximum atomic E-state index is 13.7. The van der Waals surface area contributed by atoms with Gasteiger partial charge in [0.25, 0.3) is 0 Å². The monoisotopic (exact) mass is 320 g/mol. The van der Waals surface area contributed by atoms with E-state index in [9.17, 15) is 4.39 Å². The summed E-state index contributed by atoms with van der Waals surface area (Å²) in [5, 5.41) is 6.72. The molecule has 0 radical (unpaired) electrons. The first-order chi connectivity index (χ1) is 10.7. The molecule has 0 unspecified atom stereocenters. The summed E-state index contributed by atoms with van der Waals surface area (Å²) < 4.78 is 13.7. The van der Waals surface area contributed by atoms with E-state index in [1.165, 1.54) is 6.07 Å². The Balaban J connectivity index is 1.82. The molecule has 0 saturated heterocycles. The fourth-order valence-electron chi connectivity index (χ4n) is 1.97. The molecule has 1 aromatic heterocycles. The van der Waals surface area contributed by atoms with Crippen LogP contribution in [0.15, 0.2) is 47.6 Å². The lowest BCUT2D eigenvalue weighted by molar-refractivity contribution is 0.607. The van der Waals surface area contributed by atoms with Crippen LogP contribution in [-0.4, -0.2) is 24.5 Å². The lowest BCUT2D eigenvalue weighted by Gasteiger charge is -2.12. The summed E-state index contributed by atoms with van der Waals surface area (Å²) in [6.07, 6.45) is 2.23. The van der Waals surface area contributed by atoms with Crippen LogP contribution in [-0.2, 0) is 13.0 Å². The van der Waals surface area contributed by atoms with Crippen LogP contribution in [0.5, 0.6) is 0 Å². The van der Waals surface area contributed by atoms with Gasteiger partial charge in [-0.1, -0.05) is 23.7 Å². The van der Waals surface area contributed by atoms with Crippen molar-refractivity contribution in [2.24, 2.45) is 4.99 Å². The van der Waals surface area contributed by atoms with Crippen molar-refractivity contribution in [3.05, 3.63) is 64.7 Å². The zero-order valence-corrected chi connectivity index (χ0v) is 13.1. The topological polar surface area (TPSA) is 49.3 Å². The molecule has 1 heterocycles. The predicted octanol–water partition coefficient (Wildman–Crippen LogP) is 2.78. The van der Waals surface area contributed by atoms with Crippen molar-refractivity contribution in [1.29, 1.82) is 0 Å². The number of aliphatic imine (C=N–C) groups is 1. The molecule has 22 heavy (non-hydrogen) atoms. The number of rotatable bonds is 5. The molecule has 0 aliphatic carbocycles. The van der Waals surface area contributed by atoms with E-state index in [4.69, 9.17) is 11.6 Å². The number of benzene rings is 1. The number of hydrogen-bond donors (Lipinski definition) is 2. The second-order valence-electron chi connectivity index (χ2n) is 4.62. The molecule has 0 saturated carbocycles. The summed E-state index contributed by atoms with van der Waals surface area (Å²) in [6, 6.07) is 10.4. The molecule has 2 N–H and O–H groups in total. The Morgan fingerprint density at radius 1 is 1.23 bits per heavy atom. The van der Waals surface area contributed by atoms with E-state index >= 15 is 0 Å². The fraction of sp³-hybridized carbons (Fsp3) is 0.250. The van der Waals surface area contributed by atoms with Crippen molar-refractivity contribution >= 4 is 17.6 Å². The van der Waals surface area contributed by atoms with E-state index in [0.717, 1.165) is 5.69 Å². The van der Waals surface area contributed by atoms with Crippen LogP contribution >= 0.6 is 11.6 Å². The number of halogens is 2.